The van der Waals surface area contributed by atoms with E-state index >= 15 is 0 Å². The van der Waals surface area contributed by atoms with E-state index in [0.29, 0.717) is 0 Å². The number of nitrogens with one attached hydrogen (secondary N) is 1. The first-order valence-electron chi connectivity index (χ1n) is 2.02. The van der Waals surface area contributed by atoms with Crippen molar-refractivity contribution in [3.05, 3.63) is 18.5 Å². The van der Waals surface area contributed by atoms with Crippen LogP contribution in [0.1, 0.15) is 0 Å². The molecule has 0 aliphatic carbocycles. The van der Waals surface area contributed by atoms with Gasteiger partial charge in [0.1, 0.15) is 0 Å². The van der Waals surface area contributed by atoms with Gasteiger partial charge in [-0.05, 0) is 6.07 Å². The summed E-state index contributed by atoms with van der Waals surface area (Å²) in [6.07, 6.45) is 3.46. The van der Waals surface area contributed by atoms with Gasteiger partial charge < -0.3 is 0 Å². The molecule has 5 nitrogen and oxygen atoms in total. The molecular weight excluding hydrogens is 223 g/mol. The zero-order valence-electron chi connectivity index (χ0n) is 4.84. The van der Waals surface area contributed by atoms with Crippen LogP contribution >= 0.6 is 25.2 Å². The SMILES string of the molecule is Br.O=[P+](O)O.c1cn[nH]c1. The number of halogens is 1. The lowest BCUT2D eigenvalue weighted by Crippen LogP contribution is -1.53. The number of rotatable bonds is 0. The smallest absolute Gasteiger partial charge is 0.286 e. The molecule has 0 aliphatic rings. The molecule has 0 amide bonds. The molecule has 0 atom stereocenters. The molecule has 0 fully saturated rings. The molecular formula is C3H7BrN2O3P+. The van der Waals surface area contributed by atoms with Crippen molar-refractivity contribution in [2.24, 2.45) is 0 Å². The Kier molecular flexibility index (Phi) is 10.8. The molecule has 0 aromatic carbocycles. The van der Waals surface area contributed by atoms with Gasteiger partial charge in [-0.1, -0.05) is 0 Å². The van der Waals surface area contributed by atoms with Crippen LogP contribution in [0.25, 0.3) is 0 Å². The van der Waals surface area contributed by atoms with E-state index in [1.807, 2.05) is 6.07 Å². The highest BCUT2D eigenvalue weighted by Crippen LogP contribution is 1.98. The van der Waals surface area contributed by atoms with Gasteiger partial charge in [0.05, 0.1) is 0 Å². The van der Waals surface area contributed by atoms with E-state index in [-0.39, 0.29) is 17.0 Å². The first kappa shape index (κ1) is 12.4. The molecule has 7 heteroatoms. The van der Waals surface area contributed by atoms with Crippen LogP contribution in [0.2, 0.25) is 0 Å². The highest BCUT2D eigenvalue weighted by Gasteiger charge is 1.93. The molecule has 0 bridgehead atoms. The van der Waals surface area contributed by atoms with Gasteiger partial charge in [0, 0.05) is 17.0 Å². The molecule has 1 heterocycles. The Morgan fingerprint density at radius 2 is 2.00 bits per heavy atom. The zero-order valence-corrected chi connectivity index (χ0v) is 7.44. The summed E-state index contributed by atoms with van der Waals surface area (Å²) in [5.74, 6) is 0. The van der Waals surface area contributed by atoms with Crippen LogP contribution in [0.15, 0.2) is 18.5 Å². The number of aromatic amines is 1. The normalized spacial score (nSPS) is 6.60. The van der Waals surface area contributed by atoms with Crippen LogP contribution in [0.3, 0.4) is 0 Å². The van der Waals surface area contributed by atoms with Gasteiger partial charge in [-0.2, -0.15) is 5.10 Å². The highest BCUT2D eigenvalue weighted by molar-refractivity contribution is 8.93. The molecule has 0 spiro atoms. The summed E-state index contributed by atoms with van der Waals surface area (Å²) >= 11 is 0. The van der Waals surface area contributed by atoms with Gasteiger partial charge in [0.2, 0.25) is 0 Å². The average Bonchev–Trinajstić information content (AvgIpc) is 2.11. The van der Waals surface area contributed by atoms with Gasteiger partial charge in [-0.25, -0.2) is 0 Å². The maximum Gasteiger partial charge on any atom is 0.692 e. The molecule has 58 valence electrons. The third-order valence-corrected chi connectivity index (χ3v) is 0.406. The molecule has 1 rings (SSSR count). The summed E-state index contributed by atoms with van der Waals surface area (Å²) in [6.45, 7) is 0. The van der Waals surface area contributed by atoms with Crippen LogP contribution in [0.5, 0.6) is 0 Å². The monoisotopic (exact) mass is 229 g/mol. The molecule has 3 N–H and O–H groups in total. The van der Waals surface area contributed by atoms with Crippen molar-refractivity contribution < 1.29 is 14.4 Å². The standard InChI is InChI=1S/C3H4N2.BrH.HO3P/c1-2-4-5-3-1;;1-4(2)3/h1-3H,(H,4,5);1H;(H-,1,2,3)/p+1. The lowest BCUT2D eigenvalue weighted by Gasteiger charge is -1.49. The Balaban J connectivity index is 0. The maximum atomic E-state index is 8.70. The molecule has 0 unspecified atom stereocenters. The molecule has 1 aromatic heterocycles. The van der Waals surface area contributed by atoms with E-state index < -0.39 is 8.25 Å². The lowest BCUT2D eigenvalue weighted by atomic mass is 10.8. The Morgan fingerprint density at radius 1 is 1.50 bits per heavy atom. The molecule has 0 saturated heterocycles. The van der Waals surface area contributed by atoms with E-state index in [0.717, 1.165) is 0 Å². The number of nitrogens with zero attached hydrogens (tertiary/aromatic N) is 1. The predicted octanol–water partition coefficient (Wildman–Crippen LogP) is 0.616. The van der Waals surface area contributed by atoms with Crippen LogP contribution in [-0.4, -0.2) is 20.0 Å². The summed E-state index contributed by atoms with van der Waals surface area (Å²) in [5, 5.41) is 6.21. The van der Waals surface area contributed by atoms with Crippen molar-refractivity contribution in [1.82, 2.24) is 10.2 Å². The minimum absolute atomic E-state index is 0. The minimum Gasteiger partial charge on any atom is -0.286 e. The first-order chi connectivity index (χ1) is 4.23. The quantitative estimate of drug-likeness (QED) is 0.570. The molecule has 0 aliphatic heterocycles. The van der Waals surface area contributed by atoms with Crippen molar-refractivity contribution in [2.75, 3.05) is 0 Å². The third kappa shape index (κ3) is 15.6. The summed E-state index contributed by atoms with van der Waals surface area (Å²) < 4.78 is 8.70. The summed E-state index contributed by atoms with van der Waals surface area (Å²) in [4.78, 5) is 14.2. The van der Waals surface area contributed by atoms with Crippen molar-refractivity contribution in [1.29, 1.82) is 0 Å². The number of aromatic nitrogens is 2. The zero-order chi connectivity index (χ0) is 7.11. The predicted molar refractivity (Wildman–Crippen MR) is 41.0 cm³/mol. The second-order valence-electron chi connectivity index (χ2n) is 1.02. The van der Waals surface area contributed by atoms with Crippen molar-refractivity contribution in [3.8, 4) is 0 Å². The Morgan fingerprint density at radius 3 is 2.10 bits per heavy atom. The van der Waals surface area contributed by atoms with E-state index in [1.165, 1.54) is 0 Å². The van der Waals surface area contributed by atoms with E-state index in [4.69, 9.17) is 14.4 Å². The fourth-order valence-electron chi connectivity index (χ4n) is 0.215. The summed E-state index contributed by atoms with van der Waals surface area (Å²) in [7, 11) is -2.87. The second kappa shape index (κ2) is 8.71. The number of hydrogen-bond acceptors (Lipinski definition) is 2. The van der Waals surface area contributed by atoms with Gasteiger partial charge in [-0.15, -0.1) is 26.8 Å². The Labute approximate surface area is 68.8 Å². The molecule has 10 heavy (non-hydrogen) atoms. The maximum absolute atomic E-state index is 8.70. The fraction of sp³-hybridized carbons (Fsp3) is 0. The second-order valence-corrected chi connectivity index (χ2v) is 1.52. The van der Waals surface area contributed by atoms with E-state index in [1.54, 1.807) is 12.4 Å². The van der Waals surface area contributed by atoms with Gasteiger partial charge in [0.15, 0.2) is 0 Å². The van der Waals surface area contributed by atoms with Crippen LogP contribution in [0, 0.1) is 0 Å². The van der Waals surface area contributed by atoms with E-state index in [9.17, 15) is 0 Å². The lowest BCUT2D eigenvalue weighted by molar-refractivity contribution is 0.405. The topological polar surface area (TPSA) is 86.2 Å². The molecule has 0 saturated carbocycles. The molecule has 0 radical (unpaired) electrons. The number of H-pyrrole nitrogens is 1. The highest BCUT2D eigenvalue weighted by atomic mass is 79.9. The summed E-state index contributed by atoms with van der Waals surface area (Å²) in [5.41, 5.74) is 0. The minimum atomic E-state index is -2.87. The molecule has 1 aromatic rings. The van der Waals surface area contributed by atoms with Gasteiger partial charge >= 0.3 is 8.25 Å². The Hall–Kier alpha value is -0.290. The van der Waals surface area contributed by atoms with Crippen molar-refractivity contribution >= 4 is 25.2 Å². The van der Waals surface area contributed by atoms with Crippen molar-refractivity contribution in [3.63, 3.8) is 0 Å². The van der Waals surface area contributed by atoms with Crippen LogP contribution in [-0.2, 0) is 4.57 Å². The van der Waals surface area contributed by atoms with E-state index in [2.05, 4.69) is 10.2 Å². The van der Waals surface area contributed by atoms with Gasteiger partial charge in [-0.3, -0.25) is 5.10 Å². The van der Waals surface area contributed by atoms with Gasteiger partial charge in [0.25, 0.3) is 0 Å². The Bertz CT molecular complexity index is 136. The summed E-state index contributed by atoms with van der Waals surface area (Å²) in [6, 6.07) is 1.83. The fourth-order valence-corrected chi connectivity index (χ4v) is 0.215. The largest absolute Gasteiger partial charge is 0.692 e. The number of hydrogen-bond donors (Lipinski definition) is 3. The third-order valence-electron chi connectivity index (χ3n) is 0.406. The van der Waals surface area contributed by atoms with Crippen molar-refractivity contribution in [2.45, 2.75) is 0 Å². The first-order valence-corrected chi connectivity index (χ1v) is 3.18. The average molecular weight is 230 g/mol. The van der Waals surface area contributed by atoms with Crippen LogP contribution in [0.4, 0.5) is 0 Å². The van der Waals surface area contributed by atoms with Crippen LogP contribution < -0.4 is 0 Å².